The van der Waals surface area contributed by atoms with Gasteiger partial charge in [-0.15, -0.1) is 5.06 Å². The number of aliphatic hydroxyl groups excluding tert-OH is 11. The van der Waals surface area contributed by atoms with E-state index >= 15 is 0 Å². The van der Waals surface area contributed by atoms with Crippen molar-refractivity contribution < 1.29 is 118 Å². The molecule has 0 aromatic rings. The first-order valence-corrected chi connectivity index (χ1v) is 24.2. The number of ether oxygens (including phenoxy) is 6. The lowest BCUT2D eigenvalue weighted by Crippen LogP contribution is -2.59. The van der Waals surface area contributed by atoms with E-state index in [0.29, 0.717) is 5.06 Å². The van der Waals surface area contributed by atoms with Crippen LogP contribution in [0.15, 0.2) is 0 Å². The number of carbonyl (C=O) groups is 6. The van der Waals surface area contributed by atoms with Crippen LogP contribution in [-0.4, -0.2) is 264 Å². The summed E-state index contributed by atoms with van der Waals surface area (Å²) >= 11 is 0. The fourth-order valence-electron chi connectivity index (χ4n) is 9.03. The highest BCUT2D eigenvalue weighted by Gasteiger charge is 2.46. The van der Waals surface area contributed by atoms with E-state index in [-0.39, 0.29) is 129 Å². The molecule has 72 heavy (non-hydrogen) atoms. The van der Waals surface area contributed by atoms with Gasteiger partial charge in [0, 0.05) is 71.2 Å². The number of likely N-dealkylation sites (tertiary alicyclic amines) is 1. The van der Waals surface area contributed by atoms with Crippen molar-refractivity contribution in [3.63, 3.8) is 0 Å². The summed E-state index contributed by atoms with van der Waals surface area (Å²) in [6.45, 7) is -0.857. The number of hydrogen-bond acceptors (Lipinski definition) is 24. The van der Waals surface area contributed by atoms with Crippen molar-refractivity contribution in [3.8, 4) is 0 Å². The van der Waals surface area contributed by atoms with Gasteiger partial charge < -0.3 is 105 Å². The van der Waals surface area contributed by atoms with Crippen molar-refractivity contribution in [2.45, 2.75) is 170 Å². The van der Waals surface area contributed by atoms with Gasteiger partial charge in [-0.25, -0.2) is 4.79 Å². The Labute approximate surface area is 414 Å². The van der Waals surface area contributed by atoms with Crippen molar-refractivity contribution in [3.05, 3.63) is 0 Å². The minimum absolute atomic E-state index is 0.0494. The van der Waals surface area contributed by atoms with Crippen LogP contribution >= 0.6 is 0 Å². The van der Waals surface area contributed by atoms with Gasteiger partial charge >= 0.3 is 5.97 Å². The molecule has 5 aliphatic heterocycles. The molecule has 0 aromatic heterocycles. The fraction of sp³-hybridized carbons (Fsp3) is 0.864. The molecule has 0 aliphatic carbocycles. The second kappa shape index (κ2) is 27.8. The zero-order chi connectivity index (χ0) is 52.9. The normalized spacial score (nSPS) is 34.0. The Bertz CT molecular complexity index is 1730. The Balaban J connectivity index is 1.21. The smallest absolute Gasteiger partial charge is 0.333 e. The Morgan fingerprint density at radius 3 is 1.67 bits per heavy atom. The van der Waals surface area contributed by atoms with E-state index in [4.69, 9.17) is 33.3 Å². The largest absolute Gasteiger partial charge is 0.394 e. The molecule has 0 spiro atoms. The zero-order valence-corrected chi connectivity index (χ0v) is 40.1. The average Bonchev–Trinajstić information content (AvgIpc) is 3.68. The van der Waals surface area contributed by atoms with Crippen LogP contribution in [0.5, 0.6) is 0 Å². The van der Waals surface area contributed by atoms with Crippen molar-refractivity contribution in [2.24, 2.45) is 5.41 Å². The quantitative estimate of drug-likeness (QED) is 0.0299. The van der Waals surface area contributed by atoms with E-state index in [2.05, 4.69) is 5.32 Å². The van der Waals surface area contributed by atoms with E-state index in [1.165, 1.54) is 11.8 Å². The van der Waals surface area contributed by atoms with Crippen LogP contribution in [-0.2, 0) is 62.0 Å². The third-order valence-corrected chi connectivity index (χ3v) is 13.7. The summed E-state index contributed by atoms with van der Waals surface area (Å²) in [5.74, 6) is -3.18. The Morgan fingerprint density at radius 1 is 0.653 bits per heavy atom. The van der Waals surface area contributed by atoms with Crippen molar-refractivity contribution in [2.75, 3.05) is 65.8 Å². The molecule has 5 aliphatic rings. The molecule has 5 rings (SSSR count). The first-order chi connectivity index (χ1) is 34.2. The lowest BCUT2D eigenvalue weighted by molar-refractivity contribution is -0.303. The molecule has 412 valence electrons. The number of rotatable bonds is 25. The standard InChI is InChI=1S/C44H72N4O24/c1-23-32(57)35(60)38(63)41(69-23)66-17-12-45-26(51)20-44(10-13-46(14-11-44)27(52)4-2-3-5-31(56)72-48-29(54)6-7-30(48)55)9-8-28(53)47(15-18-67-42-39(64)36(61)33(58)24(21-49)70-42)16-19-68-43-40(65)37(62)34(59)25(22-50)71-43/h23-25,32-43,49-50,57-65H,2-22H2,1H3,(H,45,51)/t23-,24+,25+,32+,33+,34+,35+,36-,37-,38-,39-,40-,41+,42-,43-/m0/s1. The fourth-order valence-corrected chi connectivity index (χ4v) is 9.03. The number of carbonyl (C=O) groups excluding carboxylic acids is 6. The number of hydroxylamine groups is 2. The molecule has 28 heteroatoms. The lowest BCUT2D eigenvalue weighted by Gasteiger charge is -2.42. The van der Waals surface area contributed by atoms with Crippen LogP contribution in [0.4, 0.5) is 0 Å². The third-order valence-electron chi connectivity index (χ3n) is 13.7. The Hall–Kier alpha value is -3.66. The molecule has 28 nitrogen and oxygen atoms in total. The number of unbranched alkanes of at least 4 members (excludes halogenated alkanes) is 1. The van der Waals surface area contributed by atoms with E-state index in [0.717, 1.165) is 0 Å². The van der Waals surface area contributed by atoms with Crippen molar-refractivity contribution in [1.29, 1.82) is 0 Å². The number of imide groups is 1. The molecule has 0 radical (unpaired) electrons. The van der Waals surface area contributed by atoms with Gasteiger partial charge in [-0.05, 0) is 44.4 Å². The topological polar surface area (TPSA) is 411 Å². The van der Waals surface area contributed by atoms with Crippen LogP contribution < -0.4 is 5.32 Å². The highest BCUT2D eigenvalue weighted by Crippen LogP contribution is 2.40. The summed E-state index contributed by atoms with van der Waals surface area (Å²) < 4.78 is 33.1. The minimum atomic E-state index is -1.74. The van der Waals surface area contributed by atoms with Crippen LogP contribution in [0.2, 0.25) is 0 Å². The number of piperidine rings is 1. The summed E-state index contributed by atoms with van der Waals surface area (Å²) in [5.41, 5.74) is -0.866. The van der Waals surface area contributed by atoms with Gasteiger partial charge in [-0.3, -0.25) is 24.0 Å². The summed E-state index contributed by atoms with van der Waals surface area (Å²) in [6, 6.07) is 0. The first-order valence-electron chi connectivity index (χ1n) is 24.2. The maximum atomic E-state index is 14.2. The van der Waals surface area contributed by atoms with E-state index in [9.17, 15) is 84.9 Å². The highest BCUT2D eigenvalue weighted by molar-refractivity contribution is 6.01. The third kappa shape index (κ3) is 15.7. The van der Waals surface area contributed by atoms with Crippen molar-refractivity contribution in [1.82, 2.24) is 20.2 Å². The number of nitrogens with one attached hydrogen (secondary N) is 1. The molecule has 0 aromatic carbocycles. The lowest BCUT2D eigenvalue weighted by atomic mass is 9.72. The number of hydrogen-bond donors (Lipinski definition) is 12. The molecule has 15 atom stereocenters. The second-order valence-corrected chi connectivity index (χ2v) is 18.7. The number of aliphatic hydroxyl groups is 11. The summed E-state index contributed by atoms with van der Waals surface area (Å²) in [6.07, 6.45) is -21.7. The molecule has 5 heterocycles. The predicted molar refractivity (Wildman–Crippen MR) is 235 cm³/mol. The Morgan fingerprint density at radius 2 is 1.14 bits per heavy atom. The van der Waals surface area contributed by atoms with Crippen LogP contribution in [0.25, 0.3) is 0 Å². The minimum Gasteiger partial charge on any atom is -0.394 e. The molecular weight excluding hydrogens is 968 g/mol. The average molecular weight is 1040 g/mol. The predicted octanol–water partition coefficient (Wildman–Crippen LogP) is -6.65. The van der Waals surface area contributed by atoms with E-state index < -0.39 is 140 Å². The zero-order valence-electron chi connectivity index (χ0n) is 40.1. The van der Waals surface area contributed by atoms with Crippen LogP contribution in [0.1, 0.15) is 77.6 Å². The number of nitrogens with zero attached hydrogens (tertiary/aromatic N) is 3. The van der Waals surface area contributed by atoms with Gasteiger partial charge in [0.25, 0.3) is 11.8 Å². The van der Waals surface area contributed by atoms with Gasteiger partial charge in [0.1, 0.15) is 67.1 Å². The molecule has 5 fully saturated rings. The molecule has 0 saturated carbocycles. The van der Waals surface area contributed by atoms with Crippen molar-refractivity contribution >= 4 is 35.5 Å². The monoisotopic (exact) mass is 1040 g/mol. The highest BCUT2D eigenvalue weighted by atomic mass is 16.7. The van der Waals surface area contributed by atoms with Gasteiger partial charge in [-0.1, -0.05) is 0 Å². The summed E-state index contributed by atoms with van der Waals surface area (Å²) in [4.78, 5) is 84.7. The molecule has 5 saturated heterocycles. The van der Waals surface area contributed by atoms with Gasteiger partial charge in [0.15, 0.2) is 18.9 Å². The molecule has 12 N–H and O–H groups in total. The SMILES string of the molecule is C[C@@H]1O[C@@H](OCCNC(=O)CC2(CCC(=O)N(CCO[C@H]3O[C@H](CO)[C@@H](O)[C@H](O)[C@@H]3O)CCO[C@H]3O[C@H](CO)[C@@H](O)[C@H](O)[C@@H]3O)CCN(C(=O)CCCCC(=O)ON3C(=O)CCC3=O)CC2)[C@@H](O)[C@H](O)[C@@H]1O. The summed E-state index contributed by atoms with van der Waals surface area (Å²) in [5, 5.41) is 115. The second-order valence-electron chi connectivity index (χ2n) is 18.7. The van der Waals surface area contributed by atoms with Gasteiger partial charge in [0.2, 0.25) is 17.7 Å². The van der Waals surface area contributed by atoms with E-state index in [1.54, 1.807) is 4.90 Å². The maximum Gasteiger partial charge on any atom is 0.333 e. The molecule has 5 amide bonds. The van der Waals surface area contributed by atoms with Gasteiger partial charge in [-0.2, -0.15) is 0 Å². The molecular formula is C44H72N4O24. The Kier molecular flexibility index (Phi) is 22.8. The molecule has 0 unspecified atom stereocenters. The van der Waals surface area contributed by atoms with Crippen LogP contribution in [0.3, 0.4) is 0 Å². The maximum absolute atomic E-state index is 14.2. The summed E-state index contributed by atoms with van der Waals surface area (Å²) in [7, 11) is 0. The number of amides is 5. The van der Waals surface area contributed by atoms with Gasteiger partial charge in [0.05, 0.1) is 39.1 Å². The van der Waals surface area contributed by atoms with E-state index in [1.807, 2.05) is 0 Å². The van der Waals surface area contributed by atoms with Crippen LogP contribution in [0, 0.1) is 5.41 Å². The first kappa shape index (κ1) is 59.2. The molecule has 0 bridgehead atoms.